The van der Waals surface area contributed by atoms with Crippen molar-refractivity contribution >= 4 is 18.0 Å². The van der Waals surface area contributed by atoms with Crippen molar-refractivity contribution in [2.45, 2.75) is 25.1 Å². The molecule has 2 amide bonds. The first-order valence-corrected chi connectivity index (χ1v) is 8.99. The van der Waals surface area contributed by atoms with Gasteiger partial charge in [0.2, 0.25) is 0 Å². The van der Waals surface area contributed by atoms with E-state index in [1.165, 1.54) is 12.0 Å². The standard InChI is InChI=1S/C21H22N2O5/c1-27-20(25)18-12-17(22-19(24)16-10-6-3-7-11-16)13-23(18)21(26)28-14-15-8-4-2-5-9-15/h2-11,17-18H,12-14H2,1H3,(H,22,24). The Morgan fingerprint density at radius 2 is 1.68 bits per heavy atom. The van der Waals surface area contributed by atoms with E-state index in [4.69, 9.17) is 9.47 Å². The summed E-state index contributed by atoms with van der Waals surface area (Å²) < 4.78 is 10.2. The lowest BCUT2D eigenvalue weighted by Crippen LogP contribution is -2.42. The van der Waals surface area contributed by atoms with Crippen molar-refractivity contribution in [1.82, 2.24) is 10.2 Å². The van der Waals surface area contributed by atoms with Crippen LogP contribution >= 0.6 is 0 Å². The number of benzene rings is 2. The zero-order valence-electron chi connectivity index (χ0n) is 15.5. The van der Waals surface area contributed by atoms with Crippen LogP contribution in [0.4, 0.5) is 4.79 Å². The van der Waals surface area contributed by atoms with E-state index in [0.717, 1.165) is 5.56 Å². The zero-order chi connectivity index (χ0) is 19.9. The van der Waals surface area contributed by atoms with Crippen LogP contribution in [0.1, 0.15) is 22.3 Å². The molecule has 1 aliphatic rings. The molecule has 2 unspecified atom stereocenters. The highest BCUT2D eigenvalue weighted by molar-refractivity contribution is 5.94. The highest BCUT2D eigenvalue weighted by Crippen LogP contribution is 2.21. The minimum Gasteiger partial charge on any atom is -0.467 e. The van der Waals surface area contributed by atoms with Crippen molar-refractivity contribution < 1.29 is 23.9 Å². The maximum Gasteiger partial charge on any atom is 0.410 e. The van der Waals surface area contributed by atoms with Gasteiger partial charge in [-0.05, 0) is 17.7 Å². The van der Waals surface area contributed by atoms with E-state index in [9.17, 15) is 14.4 Å². The van der Waals surface area contributed by atoms with Gasteiger partial charge in [0.05, 0.1) is 7.11 Å². The fraction of sp³-hybridized carbons (Fsp3) is 0.286. The van der Waals surface area contributed by atoms with Gasteiger partial charge in [-0.25, -0.2) is 9.59 Å². The van der Waals surface area contributed by atoms with E-state index in [2.05, 4.69) is 5.32 Å². The first kappa shape index (κ1) is 19.4. The van der Waals surface area contributed by atoms with Crippen LogP contribution in [0, 0.1) is 0 Å². The van der Waals surface area contributed by atoms with Crippen LogP contribution in [0.5, 0.6) is 0 Å². The highest BCUT2D eigenvalue weighted by atomic mass is 16.6. The minimum absolute atomic E-state index is 0.102. The normalized spacial score (nSPS) is 18.4. The predicted octanol–water partition coefficient (Wildman–Crippen LogP) is 2.37. The number of hydrogen-bond acceptors (Lipinski definition) is 5. The summed E-state index contributed by atoms with van der Waals surface area (Å²) in [6.45, 7) is 0.275. The lowest BCUT2D eigenvalue weighted by atomic mass is 10.1. The van der Waals surface area contributed by atoms with Crippen molar-refractivity contribution in [1.29, 1.82) is 0 Å². The Balaban J connectivity index is 1.64. The molecule has 0 saturated carbocycles. The largest absolute Gasteiger partial charge is 0.467 e. The van der Waals surface area contributed by atoms with Crippen LogP contribution in [-0.2, 0) is 20.9 Å². The number of esters is 1. The van der Waals surface area contributed by atoms with Gasteiger partial charge < -0.3 is 14.8 Å². The highest BCUT2D eigenvalue weighted by Gasteiger charge is 2.41. The van der Waals surface area contributed by atoms with Gasteiger partial charge in [0.1, 0.15) is 12.6 Å². The number of carbonyl (C=O) groups is 3. The van der Waals surface area contributed by atoms with Crippen LogP contribution in [0.3, 0.4) is 0 Å². The second kappa shape index (κ2) is 9.03. The van der Waals surface area contributed by atoms with E-state index >= 15 is 0 Å². The van der Waals surface area contributed by atoms with Gasteiger partial charge in [-0.3, -0.25) is 9.69 Å². The first-order chi connectivity index (χ1) is 13.6. The molecule has 2 aromatic carbocycles. The molecule has 2 aromatic rings. The van der Waals surface area contributed by atoms with Crippen molar-refractivity contribution in [2.75, 3.05) is 13.7 Å². The van der Waals surface area contributed by atoms with Gasteiger partial charge in [0.15, 0.2) is 0 Å². The molecular weight excluding hydrogens is 360 g/mol. The summed E-state index contributed by atoms with van der Waals surface area (Å²) in [7, 11) is 1.27. The van der Waals surface area contributed by atoms with Gasteiger partial charge in [-0.1, -0.05) is 48.5 Å². The van der Waals surface area contributed by atoms with Crippen molar-refractivity contribution in [3.8, 4) is 0 Å². The van der Waals surface area contributed by atoms with Crippen molar-refractivity contribution in [2.24, 2.45) is 0 Å². The minimum atomic E-state index is -0.797. The molecular formula is C21H22N2O5. The number of likely N-dealkylation sites (tertiary alicyclic amines) is 1. The summed E-state index contributed by atoms with van der Waals surface area (Å²) >= 11 is 0. The lowest BCUT2D eigenvalue weighted by Gasteiger charge is -2.21. The number of nitrogens with one attached hydrogen (secondary N) is 1. The van der Waals surface area contributed by atoms with Gasteiger partial charge in [0.25, 0.3) is 5.91 Å². The second-order valence-corrected chi connectivity index (χ2v) is 6.50. The smallest absolute Gasteiger partial charge is 0.410 e. The SMILES string of the molecule is COC(=O)C1CC(NC(=O)c2ccccc2)CN1C(=O)OCc1ccccc1. The summed E-state index contributed by atoms with van der Waals surface area (Å²) in [4.78, 5) is 38.3. The maximum atomic E-state index is 12.5. The molecule has 7 heteroatoms. The van der Waals surface area contributed by atoms with E-state index in [1.54, 1.807) is 24.3 Å². The lowest BCUT2D eigenvalue weighted by molar-refractivity contribution is -0.145. The number of hydrogen-bond donors (Lipinski definition) is 1. The van der Waals surface area contributed by atoms with Gasteiger partial charge in [-0.15, -0.1) is 0 Å². The number of nitrogens with zero attached hydrogens (tertiary/aromatic N) is 1. The Morgan fingerprint density at radius 1 is 1.04 bits per heavy atom. The summed E-state index contributed by atoms with van der Waals surface area (Å²) in [5.74, 6) is -0.790. The van der Waals surface area contributed by atoms with Crippen LogP contribution in [0.2, 0.25) is 0 Å². The molecule has 0 aliphatic carbocycles. The molecule has 0 aromatic heterocycles. The van der Waals surface area contributed by atoms with Gasteiger partial charge >= 0.3 is 12.1 Å². The molecule has 0 radical (unpaired) electrons. The zero-order valence-corrected chi connectivity index (χ0v) is 15.5. The Morgan fingerprint density at radius 3 is 2.32 bits per heavy atom. The Hall–Kier alpha value is -3.35. The number of methoxy groups -OCH3 is 1. The third-order valence-electron chi connectivity index (χ3n) is 4.59. The Labute approximate surface area is 163 Å². The summed E-state index contributed by atoms with van der Waals surface area (Å²) in [5, 5.41) is 2.87. The molecule has 1 heterocycles. The van der Waals surface area contributed by atoms with Crippen molar-refractivity contribution in [3.05, 3.63) is 71.8 Å². The average molecular weight is 382 g/mol. The molecule has 1 saturated heterocycles. The van der Waals surface area contributed by atoms with Crippen LogP contribution in [0.25, 0.3) is 0 Å². The molecule has 1 N–H and O–H groups in total. The molecule has 7 nitrogen and oxygen atoms in total. The first-order valence-electron chi connectivity index (χ1n) is 8.99. The number of amides is 2. The molecule has 0 spiro atoms. The molecule has 146 valence electrons. The van der Waals surface area contributed by atoms with Crippen LogP contribution in [0.15, 0.2) is 60.7 Å². The van der Waals surface area contributed by atoms with Crippen LogP contribution in [-0.4, -0.2) is 48.6 Å². The van der Waals surface area contributed by atoms with E-state index < -0.39 is 18.1 Å². The number of rotatable bonds is 5. The van der Waals surface area contributed by atoms with E-state index in [0.29, 0.717) is 5.56 Å². The molecule has 1 aliphatic heterocycles. The average Bonchev–Trinajstić information content (AvgIpc) is 3.16. The molecule has 3 rings (SSSR count). The molecule has 2 atom stereocenters. The molecule has 28 heavy (non-hydrogen) atoms. The fourth-order valence-electron chi connectivity index (χ4n) is 3.16. The molecule has 1 fully saturated rings. The van der Waals surface area contributed by atoms with E-state index in [1.807, 2.05) is 36.4 Å². The third kappa shape index (κ3) is 4.68. The topological polar surface area (TPSA) is 84.9 Å². The monoisotopic (exact) mass is 382 g/mol. The van der Waals surface area contributed by atoms with Gasteiger partial charge in [-0.2, -0.15) is 0 Å². The maximum absolute atomic E-state index is 12.5. The number of ether oxygens (including phenoxy) is 2. The summed E-state index contributed by atoms with van der Waals surface area (Å²) in [6, 6.07) is 16.9. The number of carbonyl (C=O) groups excluding carboxylic acids is 3. The summed E-state index contributed by atoms with van der Waals surface area (Å²) in [5.41, 5.74) is 1.36. The Bertz CT molecular complexity index is 825. The third-order valence-corrected chi connectivity index (χ3v) is 4.59. The second-order valence-electron chi connectivity index (χ2n) is 6.50. The predicted molar refractivity (Wildman–Crippen MR) is 101 cm³/mol. The fourth-order valence-corrected chi connectivity index (χ4v) is 3.16. The Kier molecular flexibility index (Phi) is 6.26. The molecule has 0 bridgehead atoms. The van der Waals surface area contributed by atoms with Crippen molar-refractivity contribution in [3.63, 3.8) is 0 Å². The van der Waals surface area contributed by atoms with Gasteiger partial charge in [0, 0.05) is 24.6 Å². The summed E-state index contributed by atoms with van der Waals surface area (Å²) in [6.07, 6.45) is -0.346. The quantitative estimate of drug-likeness (QED) is 0.803. The van der Waals surface area contributed by atoms with Crippen LogP contribution < -0.4 is 5.32 Å². The van der Waals surface area contributed by atoms with E-state index in [-0.39, 0.29) is 31.5 Å².